The Kier molecular flexibility index (Phi) is 4.35. The number of benzene rings is 1. The Labute approximate surface area is 111 Å². The van der Waals surface area contributed by atoms with Gasteiger partial charge in [0.1, 0.15) is 11.8 Å². The first-order chi connectivity index (χ1) is 9.26. The van der Waals surface area contributed by atoms with Crippen LogP contribution in [0.2, 0.25) is 0 Å². The van der Waals surface area contributed by atoms with Crippen molar-refractivity contribution < 1.29 is 14.3 Å². The average Bonchev–Trinajstić information content (AvgIpc) is 2.80. The van der Waals surface area contributed by atoms with Gasteiger partial charge >= 0.3 is 0 Å². The first-order valence-electron chi connectivity index (χ1n) is 6.00. The summed E-state index contributed by atoms with van der Waals surface area (Å²) in [6, 6.07) is 6.94. The van der Waals surface area contributed by atoms with E-state index in [1.54, 1.807) is 14.2 Å². The predicted molar refractivity (Wildman–Crippen MR) is 71.2 cm³/mol. The molecule has 1 aliphatic heterocycles. The third kappa shape index (κ3) is 3.03. The van der Waals surface area contributed by atoms with E-state index in [1.807, 2.05) is 24.3 Å². The van der Waals surface area contributed by atoms with Gasteiger partial charge in [-0.1, -0.05) is 18.2 Å². The molecule has 1 aromatic carbocycles. The third-order valence-electron chi connectivity index (χ3n) is 2.80. The van der Waals surface area contributed by atoms with Crippen LogP contribution in [-0.2, 0) is 9.53 Å². The lowest BCUT2D eigenvalue weighted by atomic mass is 10.1. The summed E-state index contributed by atoms with van der Waals surface area (Å²) < 4.78 is 10.2. The minimum absolute atomic E-state index is 0.138. The van der Waals surface area contributed by atoms with E-state index >= 15 is 0 Å². The highest BCUT2D eigenvalue weighted by atomic mass is 16.5. The van der Waals surface area contributed by atoms with Crippen LogP contribution in [0.15, 0.2) is 29.3 Å². The topological polar surface area (TPSA) is 72.0 Å². The molecule has 6 heteroatoms. The predicted octanol–water partition coefficient (Wildman–Crippen LogP) is 0.458. The summed E-state index contributed by atoms with van der Waals surface area (Å²) in [4.78, 5) is 16.1. The van der Waals surface area contributed by atoms with Crippen molar-refractivity contribution in [2.45, 2.75) is 6.04 Å². The van der Waals surface area contributed by atoms with Gasteiger partial charge in [-0.25, -0.2) is 0 Å². The molecule has 1 fully saturated rings. The molecule has 1 unspecified atom stereocenters. The maximum absolute atomic E-state index is 11.9. The molecule has 0 aliphatic carbocycles. The molecule has 19 heavy (non-hydrogen) atoms. The highest BCUT2D eigenvalue weighted by molar-refractivity contribution is 6.07. The van der Waals surface area contributed by atoms with Crippen molar-refractivity contribution in [3.63, 3.8) is 0 Å². The molecule has 0 aromatic heterocycles. The number of hydrogen-bond acceptors (Lipinski definition) is 4. The third-order valence-corrected chi connectivity index (χ3v) is 2.80. The number of ether oxygens (including phenoxy) is 2. The number of hydrogen-bond donors (Lipinski definition) is 2. The fourth-order valence-corrected chi connectivity index (χ4v) is 1.89. The van der Waals surface area contributed by atoms with Crippen LogP contribution in [0.1, 0.15) is 11.6 Å². The van der Waals surface area contributed by atoms with E-state index in [4.69, 9.17) is 9.47 Å². The molecule has 102 valence electrons. The maximum Gasteiger partial charge on any atom is 0.254 e. The number of carbonyl (C=O) groups is 1. The van der Waals surface area contributed by atoms with Gasteiger partial charge < -0.3 is 14.8 Å². The molecule has 1 aliphatic rings. The van der Waals surface area contributed by atoms with E-state index in [0.29, 0.717) is 24.9 Å². The van der Waals surface area contributed by atoms with Gasteiger partial charge in [0.2, 0.25) is 0 Å². The maximum atomic E-state index is 11.9. The van der Waals surface area contributed by atoms with Gasteiger partial charge in [-0.2, -0.15) is 0 Å². The normalized spacial score (nSPS) is 20.2. The van der Waals surface area contributed by atoms with Crippen molar-refractivity contribution in [3.8, 4) is 5.75 Å². The molecular formula is C13H17N3O3. The molecule has 1 amide bonds. The van der Waals surface area contributed by atoms with Crippen molar-refractivity contribution in [1.82, 2.24) is 10.6 Å². The molecule has 0 spiro atoms. The van der Waals surface area contributed by atoms with E-state index in [1.165, 1.54) is 0 Å². The average molecular weight is 263 g/mol. The quantitative estimate of drug-likeness (QED) is 0.757. The van der Waals surface area contributed by atoms with Crippen LogP contribution in [0.5, 0.6) is 5.75 Å². The van der Waals surface area contributed by atoms with Gasteiger partial charge in [0.15, 0.2) is 5.96 Å². The molecule has 2 N–H and O–H groups in total. The number of aliphatic imine (C=N–C) groups is 1. The highest BCUT2D eigenvalue weighted by Gasteiger charge is 2.31. The van der Waals surface area contributed by atoms with Crippen LogP contribution in [0, 0.1) is 0 Å². The van der Waals surface area contributed by atoms with E-state index in [-0.39, 0.29) is 5.91 Å². The summed E-state index contributed by atoms with van der Waals surface area (Å²) in [6.07, 6.45) is 0. The minimum Gasteiger partial charge on any atom is -0.496 e. The first kappa shape index (κ1) is 13.4. The Morgan fingerprint density at radius 1 is 1.32 bits per heavy atom. The molecule has 1 atom stereocenters. The van der Waals surface area contributed by atoms with E-state index in [0.717, 1.165) is 5.56 Å². The zero-order chi connectivity index (χ0) is 13.7. The highest BCUT2D eigenvalue weighted by Crippen LogP contribution is 2.26. The lowest BCUT2D eigenvalue weighted by Gasteiger charge is -2.12. The molecular weight excluding hydrogens is 246 g/mol. The number of para-hydroxylation sites is 1. The second kappa shape index (κ2) is 6.19. The Hall–Kier alpha value is -2.08. The van der Waals surface area contributed by atoms with Crippen LogP contribution in [0.25, 0.3) is 0 Å². The van der Waals surface area contributed by atoms with Crippen LogP contribution in [0.4, 0.5) is 0 Å². The summed E-state index contributed by atoms with van der Waals surface area (Å²) in [5.41, 5.74) is 0.791. The summed E-state index contributed by atoms with van der Waals surface area (Å²) >= 11 is 0. The molecule has 1 aromatic rings. The fourth-order valence-electron chi connectivity index (χ4n) is 1.89. The number of guanidine groups is 1. The van der Waals surface area contributed by atoms with Crippen LogP contribution in [0.3, 0.4) is 0 Å². The summed E-state index contributed by atoms with van der Waals surface area (Å²) in [5, 5.41) is 5.75. The lowest BCUT2D eigenvalue weighted by Crippen LogP contribution is -2.26. The van der Waals surface area contributed by atoms with Gasteiger partial charge in [-0.05, 0) is 6.07 Å². The lowest BCUT2D eigenvalue weighted by molar-refractivity contribution is -0.120. The number of carbonyl (C=O) groups excluding carboxylic acids is 1. The number of amides is 1. The van der Waals surface area contributed by atoms with E-state index in [2.05, 4.69) is 15.6 Å². The number of rotatable bonds is 5. The van der Waals surface area contributed by atoms with Crippen molar-refractivity contribution in [3.05, 3.63) is 29.8 Å². The van der Waals surface area contributed by atoms with Crippen molar-refractivity contribution in [1.29, 1.82) is 0 Å². The van der Waals surface area contributed by atoms with Crippen LogP contribution < -0.4 is 15.4 Å². The first-order valence-corrected chi connectivity index (χ1v) is 6.00. The van der Waals surface area contributed by atoms with Crippen molar-refractivity contribution in [2.75, 3.05) is 27.4 Å². The molecule has 1 heterocycles. The smallest absolute Gasteiger partial charge is 0.254 e. The molecule has 0 radical (unpaired) electrons. The Bertz CT molecular complexity index is 488. The SMILES string of the molecule is COCCN=C1NC(=O)C(c2ccccc2OC)N1. The molecule has 2 rings (SSSR count). The van der Waals surface area contributed by atoms with Gasteiger partial charge in [0.05, 0.1) is 20.3 Å². The fraction of sp³-hybridized carbons (Fsp3) is 0.385. The second-order valence-electron chi connectivity index (χ2n) is 4.03. The van der Waals surface area contributed by atoms with Crippen molar-refractivity contribution >= 4 is 11.9 Å². The minimum atomic E-state index is -0.475. The van der Waals surface area contributed by atoms with Gasteiger partial charge in [0, 0.05) is 12.7 Å². The molecule has 0 bridgehead atoms. The summed E-state index contributed by atoms with van der Waals surface area (Å²) in [7, 11) is 3.19. The van der Waals surface area contributed by atoms with E-state index < -0.39 is 6.04 Å². The molecule has 0 saturated carbocycles. The largest absolute Gasteiger partial charge is 0.496 e. The second-order valence-corrected chi connectivity index (χ2v) is 4.03. The zero-order valence-electron chi connectivity index (χ0n) is 11.0. The monoisotopic (exact) mass is 263 g/mol. The molecule has 6 nitrogen and oxygen atoms in total. The summed E-state index contributed by atoms with van der Waals surface area (Å²) in [6.45, 7) is 1.01. The van der Waals surface area contributed by atoms with E-state index in [9.17, 15) is 4.79 Å². The van der Waals surface area contributed by atoms with Gasteiger partial charge in [0.25, 0.3) is 5.91 Å². The molecule has 1 saturated heterocycles. The standard InChI is InChI=1S/C13H17N3O3/c1-18-8-7-14-13-15-11(12(17)16-13)9-5-3-4-6-10(9)19-2/h3-6,11H,7-8H2,1-2H3,(H2,14,15,16,17). The van der Waals surface area contributed by atoms with Crippen LogP contribution in [-0.4, -0.2) is 39.2 Å². The number of nitrogens with zero attached hydrogens (tertiary/aromatic N) is 1. The van der Waals surface area contributed by atoms with Gasteiger partial charge in [-0.15, -0.1) is 0 Å². The van der Waals surface area contributed by atoms with Crippen LogP contribution >= 0.6 is 0 Å². The zero-order valence-corrected chi connectivity index (χ0v) is 11.0. The Morgan fingerprint density at radius 3 is 2.84 bits per heavy atom. The summed E-state index contributed by atoms with van der Waals surface area (Å²) in [5.74, 6) is 1.01. The number of nitrogens with one attached hydrogen (secondary N) is 2. The van der Waals surface area contributed by atoms with Crippen molar-refractivity contribution in [2.24, 2.45) is 4.99 Å². The number of methoxy groups -OCH3 is 2. The Balaban J connectivity index is 2.13. The van der Waals surface area contributed by atoms with Gasteiger partial charge in [-0.3, -0.25) is 15.1 Å². The Morgan fingerprint density at radius 2 is 2.11 bits per heavy atom.